The Morgan fingerprint density at radius 3 is 1.33 bits per heavy atom. The van der Waals surface area contributed by atoms with Crippen LogP contribution >= 0.6 is 0 Å². The van der Waals surface area contributed by atoms with Crippen molar-refractivity contribution in [2.45, 2.75) is 0 Å². The smallest absolute Gasteiger partial charge is 0.137 e. The largest absolute Gasteiger partial charge is 0.456 e. The molecular formula is C52H35NO. The number of nitrogens with zero attached hydrogens (tertiary/aromatic N) is 1. The molecule has 9 aromatic rings. The van der Waals surface area contributed by atoms with Gasteiger partial charge >= 0.3 is 0 Å². The molecular weight excluding hydrogens is 655 g/mol. The summed E-state index contributed by atoms with van der Waals surface area (Å²) in [6.45, 7) is 0. The number of rotatable bonds is 6. The van der Waals surface area contributed by atoms with Crippen LogP contribution < -0.4 is 9.64 Å². The van der Waals surface area contributed by atoms with E-state index in [-0.39, 0.29) is 0 Å². The molecule has 2 heteroatoms. The molecule has 0 saturated heterocycles. The molecule has 0 amide bonds. The first-order valence-electron chi connectivity index (χ1n) is 18.4. The van der Waals surface area contributed by atoms with Crippen LogP contribution in [-0.4, -0.2) is 0 Å². The molecule has 2 nitrogen and oxygen atoms in total. The predicted molar refractivity (Wildman–Crippen MR) is 226 cm³/mol. The molecule has 9 aromatic carbocycles. The quantitative estimate of drug-likeness (QED) is 0.172. The van der Waals surface area contributed by atoms with Gasteiger partial charge in [0.25, 0.3) is 0 Å². The molecule has 1 aliphatic rings. The monoisotopic (exact) mass is 689 g/mol. The molecule has 0 bridgehead atoms. The molecule has 0 unspecified atom stereocenters. The summed E-state index contributed by atoms with van der Waals surface area (Å²) in [6.07, 6.45) is 0. The van der Waals surface area contributed by atoms with Crippen molar-refractivity contribution in [1.82, 2.24) is 0 Å². The zero-order valence-corrected chi connectivity index (χ0v) is 29.6. The van der Waals surface area contributed by atoms with Gasteiger partial charge in [-0.3, -0.25) is 0 Å². The SMILES string of the molecule is c1ccc(-c2ccc(N(c3ccc(-c4ccccc4)cc3)c3ccc4c(c3)Oc3cc5ccccc5cc3-c3c(-c5ccccc5)cccc3-4)cc2)cc1. The van der Waals surface area contributed by atoms with Crippen molar-refractivity contribution in [2.75, 3.05) is 4.90 Å². The van der Waals surface area contributed by atoms with Gasteiger partial charge in [-0.25, -0.2) is 0 Å². The topological polar surface area (TPSA) is 12.5 Å². The molecule has 0 N–H and O–H groups in total. The van der Waals surface area contributed by atoms with Gasteiger partial charge in [0.15, 0.2) is 0 Å². The van der Waals surface area contributed by atoms with Crippen LogP contribution in [-0.2, 0) is 0 Å². The van der Waals surface area contributed by atoms with Gasteiger partial charge in [0, 0.05) is 39.8 Å². The first-order valence-corrected chi connectivity index (χ1v) is 18.4. The predicted octanol–water partition coefficient (Wildman–Crippen LogP) is 14.8. The third kappa shape index (κ3) is 5.71. The van der Waals surface area contributed by atoms with E-state index in [0.717, 1.165) is 50.6 Å². The number of fused-ring (bicyclic) bond motifs is 6. The summed E-state index contributed by atoms with van der Waals surface area (Å²) in [5.74, 6) is 1.67. The van der Waals surface area contributed by atoms with Crippen molar-refractivity contribution in [3.05, 3.63) is 212 Å². The summed E-state index contributed by atoms with van der Waals surface area (Å²) in [5.41, 5.74) is 14.7. The Labute approximate surface area is 315 Å². The van der Waals surface area contributed by atoms with Gasteiger partial charge in [-0.2, -0.15) is 0 Å². The lowest BCUT2D eigenvalue weighted by Crippen LogP contribution is -2.10. The summed E-state index contributed by atoms with van der Waals surface area (Å²) in [4.78, 5) is 2.32. The van der Waals surface area contributed by atoms with E-state index in [9.17, 15) is 0 Å². The van der Waals surface area contributed by atoms with Crippen molar-refractivity contribution < 1.29 is 4.74 Å². The standard InChI is InChI=1S/C52H35NO/c1-4-13-36(14-5-1)38-23-27-43(28-24-38)53(44-29-25-39(26-30-44)37-15-6-2-7-16-37)45-31-32-47-48-22-12-21-46(40-17-8-3-9-18-40)52(48)49-33-41-19-10-11-20-42(41)34-50(49)54-51(47)35-45/h1-35H. The van der Waals surface area contributed by atoms with Crippen molar-refractivity contribution in [2.24, 2.45) is 0 Å². The van der Waals surface area contributed by atoms with Crippen molar-refractivity contribution in [3.63, 3.8) is 0 Å². The molecule has 1 heterocycles. The second-order valence-electron chi connectivity index (χ2n) is 13.7. The number of ether oxygens (including phenoxy) is 1. The summed E-state index contributed by atoms with van der Waals surface area (Å²) in [7, 11) is 0. The van der Waals surface area contributed by atoms with Gasteiger partial charge < -0.3 is 9.64 Å². The highest BCUT2D eigenvalue weighted by Gasteiger charge is 2.26. The Morgan fingerprint density at radius 1 is 0.278 bits per heavy atom. The Hall–Kier alpha value is -7.16. The molecule has 0 saturated carbocycles. The Morgan fingerprint density at radius 2 is 0.741 bits per heavy atom. The molecule has 0 spiro atoms. The van der Waals surface area contributed by atoms with E-state index >= 15 is 0 Å². The van der Waals surface area contributed by atoms with Crippen molar-refractivity contribution >= 4 is 27.8 Å². The van der Waals surface area contributed by atoms with Crippen LogP contribution in [0, 0.1) is 0 Å². The van der Waals surface area contributed by atoms with E-state index in [1.54, 1.807) is 0 Å². The van der Waals surface area contributed by atoms with Gasteiger partial charge in [0.05, 0.1) is 0 Å². The first kappa shape index (κ1) is 31.6. The maximum atomic E-state index is 7.07. The fraction of sp³-hybridized carbons (Fsp3) is 0. The molecule has 0 radical (unpaired) electrons. The van der Waals surface area contributed by atoms with E-state index in [1.807, 2.05) is 0 Å². The van der Waals surface area contributed by atoms with Crippen LogP contribution in [0.2, 0.25) is 0 Å². The average Bonchev–Trinajstić information content (AvgIpc) is 3.38. The van der Waals surface area contributed by atoms with Crippen LogP contribution in [0.4, 0.5) is 17.1 Å². The second-order valence-corrected chi connectivity index (χ2v) is 13.7. The summed E-state index contributed by atoms with van der Waals surface area (Å²) in [6, 6.07) is 75.7. The van der Waals surface area contributed by atoms with Gasteiger partial charge in [0.1, 0.15) is 11.5 Å². The fourth-order valence-corrected chi connectivity index (χ4v) is 7.81. The lowest BCUT2D eigenvalue weighted by atomic mass is 9.87. The van der Waals surface area contributed by atoms with Crippen LogP contribution in [0.25, 0.3) is 66.4 Å². The minimum Gasteiger partial charge on any atom is -0.456 e. The van der Waals surface area contributed by atoms with Gasteiger partial charge in [-0.05, 0) is 98.2 Å². The number of anilines is 3. The molecule has 0 aliphatic carbocycles. The minimum absolute atomic E-state index is 0.819. The summed E-state index contributed by atoms with van der Waals surface area (Å²) < 4.78 is 7.07. The number of benzene rings is 9. The van der Waals surface area contributed by atoms with E-state index in [4.69, 9.17) is 4.74 Å². The molecule has 54 heavy (non-hydrogen) atoms. The molecule has 254 valence electrons. The van der Waals surface area contributed by atoms with Crippen LogP contribution in [0.15, 0.2) is 212 Å². The lowest BCUT2D eigenvalue weighted by Gasteiger charge is -2.27. The van der Waals surface area contributed by atoms with E-state index < -0.39 is 0 Å². The van der Waals surface area contributed by atoms with Crippen LogP contribution in [0.1, 0.15) is 0 Å². The Kier molecular flexibility index (Phi) is 7.85. The zero-order chi connectivity index (χ0) is 35.8. The normalized spacial score (nSPS) is 11.5. The van der Waals surface area contributed by atoms with Gasteiger partial charge in [-0.1, -0.05) is 158 Å². The zero-order valence-electron chi connectivity index (χ0n) is 29.6. The van der Waals surface area contributed by atoms with Gasteiger partial charge in [-0.15, -0.1) is 0 Å². The van der Waals surface area contributed by atoms with E-state index in [0.29, 0.717) is 0 Å². The van der Waals surface area contributed by atoms with Crippen LogP contribution in [0.3, 0.4) is 0 Å². The highest BCUT2D eigenvalue weighted by atomic mass is 16.5. The fourth-order valence-electron chi connectivity index (χ4n) is 7.81. The van der Waals surface area contributed by atoms with Crippen molar-refractivity contribution in [3.8, 4) is 67.1 Å². The summed E-state index contributed by atoms with van der Waals surface area (Å²) in [5, 5.41) is 2.33. The molecule has 10 rings (SSSR count). The molecule has 0 fully saturated rings. The Bertz CT molecular complexity index is 2670. The maximum Gasteiger partial charge on any atom is 0.137 e. The number of hydrogen-bond acceptors (Lipinski definition) is 2. The average molecular weight is 690 g/mol. The third-order valence-electron chi connectivity index (χ3n) is 10.5. The van der Waals surface area contributed by atoms with Crippen LogP contribution in [0.5, 0.6) is 11.5 Å². The number of hydrogen-bond donors (Lipinski definition) is 0. The summed E-state index contributed by atoms with van der Waals surface area (Å²) >= 11 is 0. The third-order valence-corrected chi connectivity index (χ3v) is 10.5. The van der Waals surface area contributed by atoms with Crippen molar-refractivity contribution in [1.29, 1.82) is 0 Å². The Balaban J connectivity index is 1.15. The highest BCUT2D eigenvalue weighted by molar-refractivity contribution is 6.03. The molecule has 0 aromatic heterocycles. The van der Waals surface area contributed by atoms with E-state index in [1.165, 1.54) is 44.3 Å². The molecule has 1 aliphatic heterocycles. The minimum atomic E-state index is 0.819. The van der Waals surface area contributed by atoms with E-state index in [2.05, 4.69) is 217 Å². The maximum absolute atomic E-state index is 7.07. The van der Waals surface area contributed by atoms with Gasteiger partial charge in [0.2, 0.25) is 0 Å². The second kappa shape index (κ2) is 13.4. The highest BCUT2D eigenvalue weighted by Crippen LogP contribution is 2.52. The first-order chi connectivity index (χ1) is 26.8. The molecule has 0 atom stereocenters. The lowest BCUT2D eigenvalue weighted by molar-refractivity contribution is 0.488.